The standard InChI is InChI=1S/C32H41N5O7/c1-19(2)12-24-29(39)34-9-10-37(30(40)25-6-5-11-44-25)18-20-13-23(27(43-4)26(14-20)42-3)21-15-22(17-33-16-21)28(38)36-32(7-8-32)31(41)35-24/h13-17,19,24-25H,5-12,18H2,1-4H3,(H,34,39)(H,35,41)(H,36,38)/t24-,25+/m1/s1. The van der Waals surface area contributed by atoms with Crippen LogP contribution in [-0.2, 0) is 25.7 Å². The van der Waals surface area contributed by atoms with Gasteiger partial charge in [0.15, 0.2) is 11.5 Å². The molecule has 3 N–H and O–H groups in total. The highest BCUT2D eigenvalue weighted by atomic mass is 16.5. The van der Waals surface area contributed by atoms with Crippen molar-refractivity contribution in [2.45, 2.75) is 70.2 Å². The summed E-state index contributed by atoms with van der Waals surface area (Å²) in [5.41, 5.74) is 1.15. The zero-order chi connectivity index (χ0) is 31.4. The second-order valence-corrected chi connectivity index (χ2v) is 12.1. The number of aromatic nitrogens is 1. The number of benzene rings is 1. The molecule has 4 amide bonds. The van der Waals surface area contributed by atoms with Gasteiger partial charge in [-0.05, 0) is 61.8 Å². The highest BCUT2D eigenvalue weighted by molar-refractivity contribution is 6.02. The van der Waals surface area contributed by atoms with Gasteiger partial charge in [-0.25, -0.2) is 0 Å². The highest BCUT2D eigenvalue weighted by Gasteiger charge is 2.52. The van der Waals surface area contributed by atoms with Gasteiger partial charge in [0.25, 0.3) is 11.8 Å². The molecule has 1 aromatic carbocycles. The van der Waals surface area contributed by atoms with Gasteiger partial charge in [-0.3, -0.25) is 24.2 Å². The lowest BCUT2D eigenvalue weighted by molar-refractivity contribution is -0.141. The zero-order valence-electron chi connectivity index (χ0n) is 25.7. The second-order valence-electron chi connectivity index (χ2n) is 12.1. The van der Waals surface area contributed by atoms with Gasteiger partial charge in [-0.15, -0.1) is 0 Å². The first-order chi connectivity index (χ1) is 21.1. The first-order valence-electron chi connectivity index (χ1n) is 15.2. The van der Waals surface area contributed by atoms with E-state index in [2.05, 4.69) is 20.9 Å². The molecule has 3 aliphatic rings. The number of amides is 4. The predicted octanol–water partition coefficient (Wildman–Crippen LogP) is 2.20. The van der Waals surface area contributed by atoms with Gasteiger partial charge >= 0.3 is 0 Å². The third-order valence-electron chi connectivity index (χ3n) is 8.29. The van der Waals surface area contributed by atoms with Gasteiger partial charge < -0.3 is 35.1 Å². The number of nitrogens with zero attached hydrogens (tertiary/aromatic N) is 2. The van der Waals surface area contributed by atoms with E-state index in [4.69, 9.17) is 14.2 Å². The Hall–Kier alpha value is -4.19. The van der Waals surface area contributed by atoms with Crippen molar-refractivity contribution in [2.24, 2.45) is 5.92 Å². The summed E-state index contributed by atoms with van der Waals surface area (Å²) in [5, 5.41) is 8.69. The van der Waals surface area contributed by atoms with Crippen molar-refractivity contribution >= 4 is 23.6 Å². The van der Waals surface area contributed by atoms with E-state index in [0.717, 1.165) is 12.0 Å². The molecule has 44 heavy (non-hydrogen) atoms. The number of rotatable bonds is 5. The topological polar surface area (TPSA) is 148 Å². The van der Waals surface area contributed by atoms with Crippen molar-refractivity contribution in [3.8, 4) is 22.6 Å². The molecule has 2 aliphatic heterocycles. The van der Waals surface area contributed by atoms with E-state index >= 15 is 0 Å². The molecule has 1 saturated carbocycles. The molecule has 12 nitrogen and oxygen atoms in total. The molecule has 0 unspecified atom stereocenters. The summed E-state index contributed by atoms with van der Waals surface area (Å²) in [5.74, 6) is -0.328. The average Bonchev–Trinajstić information content (AvgIpc) is 3.58. The third-order valence-corrected chi connectivity index (χ3v) is 8.29. The molecule has 1 aromatic heterocycles. The summed E-state index contributed by atoms with van der Waals surface area (Å²) >= 11 is 0. The molecule has 3 heterocycles. The van der Waals surface area contributed by atoms with Gasteiger partial charge in [0.1, 0.15) is 17.7 Å². The molecular formula is C32H41N5O7. The first kappa shape index (κ1) is 31.2. The minimum absolute atomic E-state index is 0.124. The van der Waals surface area contributed by atoms with Crippen molar-refractivity contribution in [1.82, 2.24) is 25.8 Å². The number of pyridine rings is 1. The number of nitrogens with one attached hydrogen (secondary N) is 3. The van der Waals surface area contributed by atoms with Crippen LogP contribution < -0.4 is 25.4 Å². The monoisotopic (exact) mass is 607 g/mol. The highest BCUT2D eigenvalue weighted by Crippen LogP contribution is 2.40. The van der Waals surface area contributed by atoms with E-state index in [0.29, 0.717) is 54.9 Å². The van der Waals surface area contributed by atoms with Crippen molar-refractivity contribution in [3.63, 3.8) is 0 Å². The quantitative estimate of drug-likeness (QED) is 0.469. The number of ether oxygens (including phenoxy) is 3. The molecule has 2 aromatic rings. The third kappa shape index (κ3) is 6.80. The van der Waals surface area contributed by atoms with Crippen molar-refractivity contribution in [2.75, 3.05) is 33.9 Å². The van der Waals surface area contributed by atoms with E-state index in [9.17, 15) is 19.2 Å². The summed E-state index contributed by atoms with van der Waals surface area (Å²) in [6.45, 7) is 5.09. The molecule has 1 spiro atoms. The van der Waals surface area contributed by atoms with Crippen LogP contribution in [0, 0.1) is 5.92 Å². The Morgan fingerprint density at radius 3 is 2.55 bits per heavy atom. The van der Waals surface area contributed by atoms with E-state index in [-0.39, 0.29) is 42.9 Å². The van der Waals surface area contributed by atoms with Gasteiger partial charge in [0, 0.05) is 49.8 Å². The Balaban J connectivity index is 1.56. The molecule has 1 saturated heterocycles. The number of fused-ring (bicyclic) bond motifs is 5. The van der Waals surface area contributed by atoms with Crippen LogP contribution in [0.15, 0.2) is 30.6 Å². The summed E-state index contributed by atoms with van der Waals surface area (Å²) in [4.78, 5) is 59.8. The Kier molecular flexibility index (Phi) is 9.38. The van der Waals surface area contributed by atoms with Crippen molar-refractivity contribution in [3.05, 3.63) is 41.7 Å². The fraction of sp³-hybridized carbons (Fsp3) is 0.531. The number of carbonyl (C=O) groups is 4. The Morgan fingerprint density at radius 1 is 1.11 bits per heavy atom. The summed E-state index contributed by atoms with van der Waals surface area (Å²) < 4.78 is 17.1. The van der Waals surface area contributed by atoms with Crippen molar-refractivity contribution < 1.29 is 33.4 Å². The van der Waals surface area contributed by atoms with Crippen LogP contribution in [0.5, 0.6) is 11.5 Å². The minimum Gasteiger partial charge on any atom is -0.493 e. The number of hydrogen-bond donors (Lipinski definition) is 3. The molecule has 1 aliphatic carbocycles. The van der Waals surface area contributed by atoms with Crippen molar-refractivity contribution in [1.29, 1.82) is 0 Å². The Morgan fingerprint density at radius 2 is 1.89 bits per heavy atom. The summed E-state index contributed by atoms with van der Waals surface area (Å²) in [7, 11) is 3.06. The fourth-order valence-corrected chi connectivity index (χ4v) is 5.76. The SMILES string of the molecule is COc1cc2cc(c1OC)-c1cncc(c1)C(=O)NC1(CC1)C(=O)N[C@H](CC(C)C)C(=O)NCCN(C(=O)[C@@H]1CCCO1)C2. The lowest BCUT2D eigenvalue weighted by atomic mass is 10.00. The fourth-order valence-electron chi connectivity index (χ4n) is 5.76. The molecule has 5 rings (SSSR count). The van der Waals surface area contributed by atoms with Gasteiger partial charge in [0.2, 0.25) is 11.8 Å². The lowest BCUT2D eigenvalue weighted by Gasteiger charge is -2.28. The Bertz CT molecular complexity index is 1420. The predicted molar refractivity (Wildman–Crippen MR) is 161 cm³/mol. The van der Waals surface area contributed by atoms with E-state index in [1.807, 2.05) is 26.0 Å². The minimum atomic E-state index is -1.10. The normalized spacial score (nSPS) is 22.0. The van der Waals surface area contributed by atoms with E-state index in [1.54, 1.807) is 17.2 Å². The van der Waals surface area contributed by atoms with Crippen LogP contribution in [0.3, 0.4) is 0 Å². The Labute approximate surface area is 257 Å². The number of hydrogen-bond acceptors (Lipinski definition) is 8. The molecule has 12 heteroatoms. The molecular weight excluding hydrogens is 566 g/mol. The van der Waals surface area contributed by atoms with Crippen LogP contribution in [0.1, 0.15) is 61.9 Å². The zero-order valence-corrected chi connectivity index (χ0v) is 25.7. The van der Waals surface area contributed by atoms with E-state index < -0.39 is 29.5 Å². The maximum atomic E-state index is 13.6. The molecule has 2 fully saturated rings. The van der Waals surface area contributed by atoms with Crippen LogP contribution in [0.2, 0.25) is 0 Å². The van der Waals surface area contributed by atoms with Gasteiger partial charge in [-0.1, -0.05) is 13.8 Å². The smallest absolute Gasteiger partial charge is 0.253 e. The van der Waals surface area contributed by atoms with Crippen LogP contribution in [0.4, 0.5) is 0 Å². The molecule has 4 bridgehead atoms. The molecule has 236 valence electrons. The second kappa shape index (κ2) is 13.2. The summed E-state index contributed by atoms with van der Waals surface area (Å²) in [6.07, 6.45) is 5.28. The number of methoxy groups -OCH3 is 2. The maximum absolute atomic E-state index is 13.6. The number of carbonyl (C=O) groups excluding carboxylic acids is 4. The molecule has 2 atom stereocenters. The largest absolute Gasteiger partial charge is 0.493 e. The van der Waals surface area contributed by atoms with Crippen LogP contribution in [-0.4, -0.2) is 85.1 Å². The van der Waals surface area contributed by atoms with E-state index in [1.165, 1.54) is 20.4 Å². The van der Waals surface area contributed by atoms with Crippen LogP contribution in [0.25, 0.3) is 11.1 Å². The van der Waals surface area contributed by atoms with Crippen LogP contribution >= 0.6 is 0 Å². The average molecular weight is 608 g/mol. The lowest BCUT2D eigenvalue weighted by Crippen LogP contribution is -2.56. The van der Waals surface area contributed by atoms with Gasteiger partial charge in [0.05, 0.1) is 19.8 Å². The first-order valence-corrected chi connectivity index (χ1v) is 15.2. The molecule has 0 radical (unpaired) electrons. The van der Waals surface area contributed by atoms with Gasteiger partial charge in [-0.2, -0.15) is 0 Å². The summed E-state index contributed by atoms with van der Waals surface area (Å²) in [6, 6.07) is 4.58. The maximum Gasteiger partial charge on any atom is 0.253 e.